The van der Waals surface area contributed by atoms with Crippen LogP contribution in [0.2, 0.25) is 0 Å². The fourth-order valence-electron chi connectivity index (χ4n) is 4.66. The van der Waals surface area contributed by atoms with Crippen molar-refractivity contribution < 1.29 is 9.84 Å². The Kier molecular flexibility index (Phi) is 17.8. The summed E-state index contributed by atoms with van der Waals surface area (Å²) in [5, 5.41) is 8.76. The summed E-state index contributed by atoms with van der Waals surface area (Å²) >= 11 is 0. The highest BCUT2D eigenvalue weighted by Crippen LogP contribution is 2.34. The number of aliphatic hydroxyl groups is 1. The van der Waals surface area contributed by atoms with E-state index in [1.165, 1.54) is 128 Å². The fourth-order valence-corrected chi connectivity index (χ4v) is 4.66. The van der Waals surface area contributed by atoms with E-state index < -0.39 is 0 Å². The molecule has 1 N–H and O–H groups in total. The predicted molar refractivity (Wildman–Crippen MR) is 127 cm³/mol. The molecule has 0 saturated carbocycles. The topological polar surface area (TPSA) is 29.5 Å². The van der Waals surface area contributed by atoms with Gasteiger partial charge in [-0.3, -0.25) is 0 Å². The summed E-state index contributed by atoms with van der Waals surface area (Å²) in [6.45, 7) is 2.65. The first-order valence-electron chi connectivity index (χ1n) is 13.3. The first-order valence-corrected chi connectivity index (χ1v) is 13.3. The van der Waals surface area contributed by atoms with Crippen molar-refractivity contribution in [3.05, 3.63) is 12.3 Å². The van der Waals surface area contributed by atoms with Crippen molar-refractivity contribution in [2.24, 2.45) is 0 Å². The third-order valence-electron chi connectivity index (χ3n) is 6.68. The minimum atomic E-state index is 0.163. The highest BCUT2D eigenvalue weighted by atomic mass is 16.5. The van der Waals surface area contributed by atoms with Gasteiger partial charge in [-0.25, -0.2) is 0 Å². The first kappa shape index (κ1) is 26.5. The van der Waals surface area contributed by atoms with E-state index in [4.69, 9.17) is 9.84 Å². The van der Waals surface area contributed by atoms with Gasteiger partial charge in [-0.15, -0.1) is 0 Å². The zero-order chi connectivity index (χ0) is 20.9. The van der Waals surface area contributed by atoms with E-state index in [1.54, 1.807) is 0 Å². The molecular formula is C27H52O2. The van der Waals surface area contributed by atoms with Crippen molar-refractivity contribution in [2.45, 2.75) is 154 Å². The van der Waals surface area contributed by atoms with Crippen molar-refractivity contribution in [1.29, 1.82) is 0 Å². The van der Waals surface area contributed by atoms with Crippen LogP contribution < -0.4 is 0 Å². The van der Waals surface area contributed by atoms with Crippen LogP contribution in [0, 0.1) is 0 Å². The molecule has 29 heavy (non-hydrogen) atoms. The van der Waals surface area contributed by atoms with Crippen molar-refractivity contribution >= 4 is 0 Å². The standard InChI is InChI=1S/C27H52O2/c1-2-3-22-27(24-21-26-29-27)23-19-17-15-13-11-9-7-5-4-6-8-10-12-14-16-18-20-25-28/h21,26,28H,2-20,22-25H2,1H3. The molecule has 0 aromatic rings. The minimum Gasteiger partial charge on any atom is -0.495 e. The molecule has 0 fully saturated rings. The maximum Gasteiger partial charge on any atom is 0.112 e. The third kappa shape index (κ3) is 15.0. The molecule has 2 nitrogen and oxygen atoms in total. The van der Waals surface area contributed by atoms with Crippen LogP contribution in [0.5, 0.6) is 0 Å². The van der Waals surface area contributed by atoms with Crippen LogP contribution in [0.3, 0.4) is 0 Å². The molecule has 1 unspecified atom stereocenters. The number of ether oxygens (including phenoxy) is 1. The minimum absolute atomic E-state index is 0.163. The lowest BCUT2D eigenvalue weighted by molar-refractivity contribution is 0.0232. The summed E-state index contributed by atoms with van der Waals surface area (Å²) in [4.78, 5) is 0. The van der Waals surface area contributed by atoms with Gasteiger partial charge in [0.15, 0.2) is 0 Å². The number of unbranched alkanes of at least 4 members (excludes halogenated alkanes) is 17. The van der Waals surface area contributed by atoms with E-state index in [0.717, 1.165) is 12.8 Å². The molecule has 2 heteroatoms. The van der Waals surface area contributed by atoms with Crippen LogP contribution in [-0.2, 0) is 4.74 Å². The van der Waals surface area contributed by atoms with Crippen LogP contribution in [-0.4, -0.2) is 17.3 Å². The van der Waals surface area contributed by atoms with E-state index in [1.807, 2.05) is 6.26 Å². The molecule has 0 aromatic carbocycles. The molecule has 0 amide bonds. The van der Waals surface area contributed by atoms with E-state index >= 15 is 0 Å². The maximum atomic E-state index is 8.76. The van der Waals surface area contributed by atoms with Gasteiger partial charge in [-0.2, -0.15) is 0 Å². The van der Waals surface area contributed by atoms with E-state index in [2.05, 4.69) is 13.0 Å². The number of hydrogen-bond acceptors (Lipinski definition) is 2. The second-order valence-corrected chi connectivity index (χ2v) is 9.46. The Morgan fingerprint density at radius 2 is 1.03 bits per heavy atom. The van der Waals surface area contributed by atoms with Crippen LogP contribution >= 0.6 is 0 Å². The normalized spacial score (nSPS) is 18.4. The van der Waals surface area contributed by atoms with Crippen molar-refractivity contribution in [3.8, 4) is 0 Å². The molecule has 0 bridgehead atoms. The van der Waals surface area contributed by atoms with Gasteiger partial charge in [-0.1, -0.05) is 110 Å². The fraction of sp³-hybridized carbons (Fsp3) is 0.926. The average molecular weight is 409 g/mol. The SMILES string of the molecule is CCCCC1(CCCCCCCCCCCCCCCCCCCO)CC=CO1. The molecule has 1 heterocycles. The second-order valence-electron chi connectivity index (χ2n) is 9.46. The molecule has 172 valence electrons. The molecule has 0 aliphatic carbocycles. The van der Waals surface area contributed by atoms with Gasteiger partial charge in [0.2, 0.25) is 0 Å². The van der Waals surface area contributed by atoms with Gasteiger partial charge >= 0.3 is 0 Å². The summed E-state index contributed by atoms with van der Waals surface area (Å²) in [5.74, 6) is 0. The van der Waals surface area contributed by atoms with Crippen molar-refractivity contribution in [1.82, 2.24) is 0 Å². The predicted octanol–water partition coefficient (Wildman–Crippen LogP) is 8.86. The van der Waals surface area contributed by atoms with Crippen LogP contribution in [0.4, 0.5) is 0 Å². The van der Waals surface area contributed by atoms with Gasteiger partial charge in [-0.05, 0) is 38.2 Å². The Hall–Kier alpha value is -0.500. The van der Waals surface area contributed by atoms with Gasteiger partial charge in [0, 0.05) is 13.0 Å². The average Bonchev–Trinajstić information content (AvgIpc) is 3.20. The summed E-state index contributed by atoms with van der Waals surface area (Å²) in [5.41, 5.74) is 0.163. The molecule has 0 spiro atoms. The lowest BCUT2D eigenvalue weighted by Gasteiger charge is -2.28. The van der Waals surface area contributed by atoms with Gasteiger partial charge < -0.3 is 9.84 Å². The first-order chi connectivity index (χ1) is 14.3. The van der Waals surface area contributed by atoms with Crippen LogP contribution in [0.15, 0.2) is 12.3 Å². The highest BCUT2D eigenvalue weighted by Gasteiger charge is 2.31. The molecule has 0 aromatic heterocycles. The van der Waals surface area contributed by atoms with E-state index in [-0.39, 0.29) is 5.60 Å². The summed E-state index contributed by atoms with van der Waals surface area (Å²) in [6.07, 6.45) is 33.7. The highest BCUT2D eigenvalue weighted by molar-refractivity contribution is 4.97. The van der Waals surface area contributed by atoms with Gasteiger partial charge in [0.05, 0.1) is 6.26 Å². The van der Waals surface area contributed by atoms with Gasteiger partial charge in [0.25, 0.3) is 0 Å². The Labute approximate surface area is 182 Å². The van der Waals surface area contributed by atoms with Crippen LogP contribution in [0.1, 0.15) is 148 Å². The monoisotopic (exact) mass is 408 g/mol. The van der Waals surface area contributed by atoms with E-state index in [9.17, 15) is 0 Å². The zero-order valence-electron chi connectivity index (χ0n) is 19.8. The molecule has 1 aliphatic heterocycles. The molecule has 1 aliphatic rings. The lowest BCUT2D eigenvalue weighted by atomic mass is 9.88. The summed E-state index contributed by atoms with van der Waals surface area (Å²) < 4.78 is 5.99. The Bertz CT molecular complexity index is 356. The molecule has 0 saturated heterocycles. The summed E-state index contributed by atoms with van der Waals surface area (Å²) in [6, 6.07) is 0. The molecule has 0 radical (unpaired) electrons. The van der Waals surface area contributed by atoms with Crippen molar-refractivity contribution in [3.63, 3.8) is 0 Å². The molecule has 1 atom stereocenters. The third-order valence-corrected chi connectivity index (χ3v) is 6.68. The number of rotatable bonds is 22. The number of aliphatic hydroxyl groups excluding tert-OH is 1. The van der Waals surface area contributed by atoms with Crippen LogP contribution in [0.25, 0.3) is 0 Å². The Morgan fingerprint density at radius 3 is 1.41 bits per heavy atom. The summed E-state index contributed by atoms with van der Waals surface area (Å²) in [7, 11) is 0. The largest absolute Gasteiger partial charge is 0.495 e. The maximum absolute atomic E-state index is 8.76. The Balaban J connectivity index is 1.77. The second kappa shape index (κ2) is 19.5. The molecule has 1 rings (SSSR count). The smallest absolute Gasteiger partial charge is 0.112 e. The quantitative estimate of drug-likeness (QED) is 0.181. The molecular weight excluding hydrogens is 356 g/mol. The Morgan fingerprint density at radius 1 is 0.621 bits per heavy atom. The van der Waals surface area contributed by atoms with E-state index in [0.29, 0.717) is 6.61 Å². The number of hydrogen-bond donors (Lipinski definition) is 1. The zero-order valence-corrected chi connectivity index (χ0v) is 19.8. The van der Waals surface area contributed by atoms with Gasteiger partial charge in [0.1, 0.15) is 5.60 Å². The lowest BCUT2D eigenvalue weighted by Crippen LogP contribution is -2.27. The van der Waals surface area contributed by atoms with Crippen molar-refractivity contribution in [2.75, 3.05) is 6.61 Å².